The first-order valence-electron chi connectivity index (χ1n) is 9.08. The number of nitrogens with zero attached hydrogens (tertiary/aromatic N) is 3. The van der Waals surface area contributed by atoms with Gasteiger partial charge in [-0.2, -0.15) is 18.3 Å². The molecule has 0 bridgehead atoms. The van der Waals surface area contributed by atoms with Crippen LogP contribution in [-0.4, -0.2) is 20.6 Å². The summed E-state index contributed by atoms with van der Waals surface area (Å²) in [7, 11) is 0. The second-order valence-corrected chi connectivity index (χ2v) is 7.64. The number of halogens is 4. The van der Waals surface area contributed by atoms with Crippen molar-refractivity contribution >= 4 is 33.2 Å². The molecule has 0 aliphatic carbocycles. The Morgan fingerprint density at radius 3 is 2.53 bits per heavy atom. The molecule has 0 saturated heterocycles. The Hall–Kier alpha value is -3.41. The van der Waals surface area contributed by atoms with E-state index in [9.17, 15) is 28.1 Å². The number of anilines is 1. The summed E-state index contributed by atoms with van der Waals surface area (Å²) in [6, 6.07) is 10.7. The van der Waals surface area contributed by atoms with Crippen LogP contribution >= 0.6 is 15.9 Å². The van der Waals surface area contributed by atoms with E-state index in [0.717, 1.165) is 16.3 Å². The third-order valence-corrected chi connectivity index (χ3v) is 5.26. The highest BCUT2D eigenvalue weighted by molar-refractivity contribution is 9.10. The topological polar surface area (TPSA) is 99.3 Å². The maximum Gasteiger partial charge on any atom is 0.436 e. The molecule has 0 saturated carbocycles. The lowest BCUT2D eigenvalue weighted by Crippen LogP contribution is -2.21. The van der Waals surface area contributed by atoms with Crippen molar-refractivity contribution in [1.29, 1.82) is 0 Å². The van der Waals surface area contributed by atoms with Crippen LogP contribution in [0.4, 0.5) is 24.5 Å². The first-order chi connectivity index (χ1) is 14.9. The van der Waals surface area contributed by atoms with E-state index in [-0.39, 0.29) is 27.3 Å². The van der Waals surface area contributed by atoms with Crippen molar-refractivity contribution in [2.75, 3.05) is 5.32 Å². The zero-order valence-corrected chi connectivity index (χ0v) is 18.3. The molecule has 0 atom stereocenters. The van der Waals surface area contributed by atoms with Crippen LogP contribution in [0.15, 0.2) is 46.9 Å². The van der Waals surface area contributed by atoms with Crippen molar-refractivity contribution < 1.29 is 27.6 Å². The summed E-state index contributed by atoms with van der Waals surface area (Å²) in [6.07, 6.45) is -4.69. The van der Waals surface area contributed by atoms with Crippen molar-refractivity contribution in [2.45, 2.75) is 26.6 Å². The summed E-state index contributed by atoms with van der Waals surface area (Å²) in [6.45, 7) is 2.70. The normalized spacial score (nSPS) is 11.3. The Bertz CT molecular complexity index is 1190. The highest BCUT2D eigenvalue weighted by Gasteiger charge is 2.38. The summed E-state index contributed by atoms with van der Waals surface area (Å²) >= 11 is 2.84. The third-order valence-electron chi connectivity index (χ3n) is 4.31. The van der Waals surface area contributed by atoms with E-state index in [1.807, 2.05) is 13.0 Å². The van der Waals surface area contributed by atoms with Gasteiger partial charge < -0.3 is 10.1 Å². The smallest absolute Gasteiger partial charge is 0.436 e. The molecular formula is C20H16BrF3N4O4. The van der Waals surface area contributed by atoms with E-state index in [0.29, 0.717) is 5.75 Å². The number of rotatable bonds is 6. The second-order valence-electron chi connectivity index (χ2n) is 6.84. The van der Waals surface area contributed by atoms with Gasteiger partial charge in [-0.15, -0.1) is 0 Å². The average molecular weight is 513 g/mol. The molecule has 12 heteroatoms. The van der Waals surface area contributed by atoms with Crippen molar-refractivity contribution in [3.05, 3.63) is 74.0 Å². The molecule has 0 unspecified atom stereocenters. The molecule has 3 rings (SSSR count). The van der Waals surface area contributed by atoms with Crippen LogP contribution in [0.25, 0.3) is 0 Å². The lowest BCUT2D eigenvalue weighted by atomic mass is 10.2. The van der Waals surface area contributed by atoms with E-state index in [1.54, 1.807) is 18.2 Å². The number of hydrogen-bond donors (Lipinski definition) is 1. The molecule has 0 aliphatic heterocycles. The molecule has 0 aliphatic rings. The summed E-state index contributed by atoms with van der Waals surface area (Å²) in [4.78, 5) is 23.0. The molecule has 0 fully saturated rings. The Labute approximate surface area is 188 Å². The molecule has 2 aromatic carbocycles. The van der Waals surface area contributed by atoms with E-state index in [4.69, 9.17) is 4.74 Å². The fourth-order valence-corrected chi connectivity index (χ4v) is 3.34. The van der Waals surface area contributed by atoms with Crippen molar-refractivity contribution in [1.82, 2.24) is 9.78 Å². The quantitative estimate of drug-likeness (QED) is 0.341. The van der Waals surface area contributed by atoms with Crippen LogP contribution in [0.5, 0.6) is 11.5 Å². The molecule has 168 valence electrons. The molecule has 1 aromatic heterocycles. The summed E-state index contributed by atoms with van der Waals surface area (Å²) in [5, 5.41) is 17.2. The predicted molar refractivity (Wildman–Crippen MR) is 113 cm³/mol. The van der Waals surface area contributed by atoms with Gasteiger partial charge >= 0.3 is 6.18 Å². The number of amides is 1. The molecule has 1 amide bonds. The number of aryl methyl sites for hydroxylation is 1. The number of carbonyl (C=O) groups is 1. The molecular weight excluding hydrogens is 497 g/mol. The Morgan fingerprint density at radius 2 is 1.94 bits per heavy atom. The molecule has 1 heterocycles. The fourth-order valence-electron chi connectivity index (χ4n) is 2.83. The van der Waals surface area contributed by atoms with Crippen LogP contribution in [-0.2, 0) is 17.5 Å². The van der Waals surface area contributed by atoms with Crippen LogP contribution in [0.2, 0.25) is 0 Å². The number of ether oxygens (including phenoxy) is 1. The Morgan fingerprint density at radius 1 is 1.22 bits per heavy atom. The third kappa shape index (κ3) is 5.44. The van der Waals surface area contributed by atoms with E-state index < -0.39 is 29.2 Å². The van der Waals surface area contributed by atoms with Crippen molar-refractivity contribution in [3.8, 4) is 11.5 Å². The monoisotopic (exact) mass is 512 g/mol. The van der Waals surface area contributed by atoms with Gasteiger partial charge in [0.1, 0.15) is 18.0 Å². The Balaban J connectivity index is 1.83. The first-order valence-corrected chi connectivity index (χ1v) is 9.87. The maximum atomic E-state index is 13.0. The van der Waals surface area contributed by atoms with Gasteiger partial charge in [-0.25, -0.2) is 0 Å². The minimum atomic E-state index is -4.69. The van der Waals surface area contributed by atoms with Gasteiger partial charge in [-0.3, -0.25) is 19.6 Å². The summed E-state index contributed by atoms with van der Waals surface area (Å²) in [5.74, 6) is -0.171. The number of nitrogens with one attached hydrogen (secondary N) is 1. The standard InChI is InChI=1S/C20H16BrF3N4O4/c1-11-4-3-5-15(6-11)32-16-8-13(7-14(9-16)28(30)31)25-17(29)10-27-12(2)18(21)19(26-27)20(22,23)24/h3-9H,10H2,1-2H3,(H,25,29). The average Bonchev–Trinajstić information content (AvgIpc) is 2.96. The first kappa shape index (κ1) is 23.3. The molecule has 32 heavy (non-hydrogen) atoms. The largest absolute Gasteiger partial charge is 0.457 e. The lowest BCUT2D eigenvalue weighted by Gasteiger charge is -2.10. The number of non-ortho nitro benzene ring substituents is 1. The van der Waals surface area contributed by atoms with Gasteiger partial charge in [0, 0.05) is 12.1 Å². The molecule has 0 radical (unpaired) electrons. The van der Waals surface area contributed by atoms with Gasteiger partial charge in [0.15, 0.2) is 5.69 Å². The van der Waals surface area contributed by atoms with E-state index in [1.165, 1.54) is 19.1 Å². The summed E-state index contributed by atoms with van der Waals surface area (Å²) in [5.41, 5.74) is -0.406. The zero-order valence-electron chi connectivity index (χ0n) is 16.7. The number of benzene rings is 2. The Kier molecular flexibility index (Phi) is 6.53. The SMILES string of the molecule is Cc1cccc(Oc2cc(NC(=O)Cn3nc(C(F)(F)F)c(Br)c3C)cc([N+](=O)[O-])c2)c1. The van der Waals surface area contributed by atoms with E-state index in [2.05, 4.69) is 26.3 Å². The minimum absolute atomic E-state index is 0.0479. The van der Waals surface area contributed by atoms with Gasteiger partial charge in [-0.05, 0) is 47.5 Å². The van der Waals surface area contributed by atoms with Crippen LogP contribution in [0.1, 0.15) is 17.0 Å². The van der Waals surface area contributed by atoms with Crippen LogP contribution in [0.3, 0.4) is 0 Å². The number of nitro benzene ring substituents is 1. The maximum absolute atomic E-state index is 13.0. The molecule has 8 nitrogen and oxygen atoms in total. The van der Waals surface area contributed by atoms with Gasteiger partial charge in [0.2, 0.25) is 5.91 Å². The number of nitro groups is 1. The van der Waals surface area contributed by atoms with Gasteiger partial charge in [-0.1, -0.05) is 12.1 Å². The molecule has 3 aromatic rings. The molecule has 0 spiro atoms. The van der Waals surface area contributed by atoms with Crippen molar-refractivity contribution in [2.24, 2.45) is 0 Å². The van der Waals surface area contributed by atoms with Crippen LogP contribution < -0.4 is 10.1 Å². The second kappa shape index (κ2) is 8.99. The number of aromatic nitrogens is 2. The van der Waals surface area contributed by atoms with Gasteiger partial charge in [0.05, 0.1) is 26.8 Å². The van der Waals surface area contributed by atoms with E-state index >= 15 is 0 Å². The predicted octanol–water partition coefficient (Wildman–Crippen LogP) is 5.62. The number of carbonyl (C=O) groups excluding carboxylic acids is 1. The highest BCUT2D eigenvalue weighted by Crippen LogP contribution is 2.35. The zero-order chi connectivity index (χ0) is 23.6. The van der Waals surface area contributed by atoms with Gasteiger partial charge in [0.25, 0.3) is 5.69 Å². The van der Waals surface area contributed by atoms with Crippen LogP contribution in [0, 0.1) is 24.0 Å². The number of hydrogen-bond acceptors (Lipinski definition) is 5. The lowest BCUT2D eigenvalue weighted by molar-refractivity contribution is -0.384. The summed E-state index contributed by atoms with van der Waals surface area (Å²) < 4.78 is 45.3. The minimum Gasteiger partial charge on any atom is -0.457 e. The highest BCUT2D eigenvalue weighted by atomic mass is 79.9. The molecule has 1 N–H and O–H groups in total. The van der Waals surface area contributed by atoms with Crippen molar-refractivity contribution in [3.63, 3.8) is 0 Å². The number of alkyl halides is 3. The fraction of sp³-hybridized carbons (Fsp3) is 0.200.